The van der Waals surface area contributed by atoms with Gasteiger partial charge in [-0.1, -0.05) is 23.7 Å². The number of Topliss-reactive ketones (excluding diaryl/α,β-unsaturated/α-hetero) is 1. The van der Waals surface area contributed by atoms with E-state index in [4.69, 9.17) is 11.6 Å². The number of rotatable bonds is 6. The molecule has 0 atom stereocenters. The van der Waals surface area contributed by atoms with Crippen LogP contribution in [0.25, 0.3) is 22.8 Å². The van der Waals surface area contributed by atoms with E-state index in [0.29, 0.717) is 5.56 Å². The summed E-state index contributed by atoms with van der Waals surface area (Å²) in [6.45, 7) is 2.90. The SMILES string of the molecule is Cc1cc(-c2nc(-c3cc(CCC(=O)C(C)(C)C(F)(F)F)ccc3Cl)[nH]c(=O)n2)ccc1C(F)(F)F. The van der Waals surface area contributed by atoms with E-state index >= 15 is 0 Å². The zero-order valence-corrected chi connectivity index (χ0v) is 20.0. The highest BCUT2D eigenvalue weighted by atomic mass is 35.5. The first-order valence-electron chi connectivity index (χ1n) is 10.6. The Hall–Kier alpha value is -3.21. The molecule has 5 nitrogen and oxygen atoms in total. The van der Waals surface area contributed by atoms with Gasteiger partial charge in [-0.25, -0.2) is 9.78 Å². The van der Waals surface area contributed by atoms with Crippen LogP contribution in [0.1, 0.15) is 37.0 Å². The van der Waals surface area contributed by atoms with Crippen molar-refractivity contribution in [1.82, 2.24) is 15.0 Å². The Bertz CT molecular complexity index is 1360. The molecule has 0 aliphatic heterocycles. The van der Waals surface area contributed by atoms with Gasteiger partial charge in [0.2, 0.25) is 0 Å². The molecule has 1 aromatic heterocycles. The van der Waals surface area contributed by atoms with E-state index in [1.165, 1.54) is 31.2 Å². The van der Waals surface area contributed by atoms with E-state index in [1.807, 2.05) is 0 Å². The first-order chi connectivity index (χ1) is 16.5. The third-order valence-electron chi connectivity index (χ3n) is 5.77. The lowest BCUT2D eigenvalue weighted by Gasteiger charge is -2.26. The Morgan fingerprint density at radius 2 is 1.67 bits per heavy atom. The van der Waals surface area contributed by atoms with Gasteiger partial charge < -0.3 is 0 Å². The second kappa shape index (κ2) is 9.68. The van der Waals surface area contributed by atoms with Crippen molar-refractivity contribution >= 4 is 17.4 Å². The predicted octanol–water partition coefficient (Wildman–Crippen LogP) is 6.57. The van der Waals surface area contributed by atoms with Gasteiger partial charge in [0.15, 0.2) is 5.82 Å². The zero-order valence-electron chi connectivity index (χ0n) is 19.2. The van der Waals surface area contributed by atoms with Crippen LogP contribution in [0.15, 0.2) is 41.2 Å². The van der Waals surface area contributed by atoms with Gasteiger partial charge in [0.1, 0.15) is 17.0 Å². The quantitative estimate of drug-likeness (QED) is 0.365. The summed E-state index contributed by atoms with van der Waals surface area (Å²) in [4.78, 5) is 34.7. The molecule has 192 valence electrons. The average Bonchev–Trinajstić information content (AvgIpc) is 2.76. The molecular weight excluding hydrogens is 512 g/mol. The van der Waals surface area contributed by atoms with E-state index in [0.717, 1.165) is 26.0 Å². The first kappa shape index (κ1) is 27.4. The zero-order chi connectivity index (χ0) is 27.1. The summed E-state index contributed by atoms with van der Waals surface area (Å²) >= 11 is 6.25. The highest BCUT2D eigenvalue weighted by Gasteiger charge is 2.51. The van der Waals surface area contributed by atoms with Crippen LogP contribution < -0.4 is 5.69 Å². The molecule has 0 spiro atoms. The highest BCUT2D eigenvalue weighted by Crippen LogP contribution is 2.39. The Labute approximate surface area is 206 Å². The Balaban J connectivity index is 1.94. The molecule has 3 aromatic rings. The molecule has 0 saturated heterocycles. The van der Waals surface area contributed by atoms with E-state index in [-0.39, 0.29) is 46.2 Å². The van der Waals surface area contributed by atoms with Crippen molar-refractivity contribution in [2.75, 3.05) is 0 Å². The lowest BCUT2D eigenvalue weighted by atomic mass is 9.84. The van der Waals surface area contributed by atoms with Crippen molar-refractivity contribution in [1.29, 1.82) is 0 Å². The Morgan fingerprint density at radius 3 is 2.25 bits per heavy atom. The molecule has 0 radical (unpaired) electrons. The van der Waals surface area contributed by atoms with Gasteiger partial charge in [-0.15, -0.1) is 0 Å². The van der Waals surface area contributed by atoms with Crippen LogP contribution in [0.3, 0.4) is 0 Å². The maximum absolute atomic E-state index is 13.1. The van der Waals surface area contributed by atoms with E-state index in [2.05, 4.69) is 15.0 Å². The number of carbonyl (C=O) groups is 1. The molecule has 0 aliphatic carbocycles. The van der Waals surface area contributed by atoms with Gasteiger partial charge in [0.05, 0.1) is 10.6 Å². The minimum Gasteiger partial charge on any atom is -0.299 e. The summed E-state index contributed by atoms with van der Waals surface area (Å²) in [5.41, 5.74) is -3.42. The summed E-state index contributed by atoms with van der Waals surface area (Å²) in [5, 5.41) is 0.143. The van der Waals surface area contributed by atoms with Crippen LogP contribution in [0.4, 0.5) is 26.3 Å². The van der Waals surface area contributed by atoms with Gasteiger partial charge in [-0.2, -0.15) is 31.3 Å². The molecule has 0 aliphatic rings. The fourth-order valence-corrected chi connectivity index (χ4v) is 3.61. The van der Waals surface area contributed by atoms with Crippen LogP contribution in [-0.2, 0) is 17.4 Å². The third-order valence-corrected chi connectivity index (χ3v) is 6.10. The summed E-state index contributed by atoms with van der Waals surface area (Å²) in [7, 11) is 0. The van der Waals surface area contributed by atoms with Crippen LogP contribution >= 0.6 is 11.6 Å². The number of alkyl halides is 6. The van der Waals surface area contributed by atoms with Gasteiger partial charge >= 0.3 is 18.0 Å². The molecule has 12 heteroatoms. The molecule has 0 fully saturated rings. The topological polar surface area (TPSA) is 75.7 Å². The number of nitrogens with one attached hydrogen (secondary N) is 1. The number of aryl methyl sites for hydroxylation is 2. The number of benzene rings is 2. The number of ketones is 1. The van der Waals surface area contributed by atoms with E-state index < -0.39 is 34.8 Å². The Morgan fingerprint density at radius 1 is 1.00 bits per heavy atom. The molecule has 1 N–H and O–H groups in total. The minimum absolute atomic E-state index is 0.0250. The van der Waals surface area contributed by atoms with Crippen LogP contribution in [0.2, 0.25) is 5.02 Å². The van der Waals surface area contributed by atoms with Gasteiger partial charge in [-0.05, 0) is 62.6 Å². The van der Waals surface area contributed by atoms with Crippen molar-refractivity contribution < 1.29 is 31.1 Å². The Kier molecular flexibility index (Phi) is 7.36. The van der Waals surface area contributed by atoms with Crippen LogP contribution in [0, 0.1) is 12.3 Å². The second-order valence-corrected chi connectivity index (χ2v) is 9.12. The van der Waals surface area contributed by atoms with E-state index in [9.17, 15) is 35.9 Å². The lowest BCUT2D eigenvalue weighted by Crippen LogP contribution is -2.39. The maximum Gasteiger partial charge on any atom is 0.416 e. The first-order valence-corrected chi connectivity index (χ1v) is 10.9. The molecule has 36 heavy (non-hydrogen) atoms. The van der Waals surface area contributed by atoms with Crippen LogP contribution in [0.5, 0.6) is 0 Å². The fourth-order valence-electron chi connectivity index (χ4n) is 3.40. The predicted molar refractivity (Wildman–Crippen MR) is 121 cm³/mol. The number of hydrogen-bond donors (Lipinski definition) is 1. The number of halogens is 7. The molecule has 0 bridgehead atoms. The summed E-state index contributed by atoms with van der Waals surface area (Å²) in [5.74, 6) is -1.17. The average molecular weight is 532 g/mol. The minimum atomic E-state index is -4.69. The smallest absolute Gasteiger partial charge is 0.299 e. The van der Waals surface area contributed by atoms with Crippen molar-refractivity contribution in [3.8, 4) is 22.8 Å². The van der Waals surface area contributed by atoms with Crippen LogP contribution in [-0.4, -0.2) is 26.9 Å². The number of H-pyrrole nitrogens is 1. The number of hydrogen-bond acceptors (Lipinski definition) is 4. The van der Waals surface area contributed by atoms with Gasteiger partial charge in [-0.3, -0.25) is 9.78 Å². The fraction of sp³-hybridized carbons (Fsp3) is 0.333. The van der Waals surface area contributed by atoms with Gasteiger partial charge in [0.25, 0.3) is 0 Å². The molecule has 0 amide bonds. The maximum atomic E-state index is 13.1. The summed E-state index contributed by atoms with van der Waals surface area (Å²) < 4.78 is 78.6. The molecular formula is C24H20ClF6N3O2. The number of aromatic amines is 1. The number of aromatic nitrogens is 3. The normalized spacial score (nSPS) is 12.6. The van der Waals surface area contributed by atoms with Crippen molar-refractivity contribution in [2.45, 2.75) is 46.0 Å². The van der Waals surface area contributed by atoms with Crippen molar-refractivity contribution in [2.24, 2.45) is 5.41 Å². The lowest BCUT2D eigenvalue weighted by molar-refractivity contribution is -0.210. The molecule has 0 unspecified atom stereocenters. The standard InChI is InChI=1S/C24H20ClF6N3O2/c1-12-10-14(6-7-16(12)23(26,27)28)19-32-20(34-21(36)33-19)15-11-13(4-8-17(15)25)5-9-18(35)22(2,3)24(29,30)31/h4,6-8,10-11H,5,9H2,1-3H3,(H,32,33,34,36). The third kappa shape index (κ3) is 5.77. The molecule has 2 aromatic carbocycles. The van der Waals surface area contributed by atoms with Crippen molar-refractivity contribution in [3.63, 3.8) is 0 Å². The molecule has 0 saturated carbocycles. The molecule has 3 rings (SSSR count). The number of nitrogens with zero attached hydrogens (tertiary/aromatic N) is 2. The monoisotopic (exact) mass is 531 g/mol. The second-order valence-electron chi connectivity index (χ2n) is 8.71. The highest BCUT2D eigenvalue weighted by molar-refractivity contribution is 6.33. The largest absolute Gasteiger partial charge is 0.416 e. The number of carbonyl (C=O) groups excluding carboxylic acids is 1. The summed E-state index contributed by atoms with van der Waals surface area (Å²) in [6, 6.07) is 7.64. The van der Waals surface area contributed by atoms with Crippen molar-refractivity contribution in [3.05, 3.63) is 68.6 Å². The summed E-state index contributed by atoms with van der Waals surface area (Å²) in [6.07, 6.45) is -9.65. The van der Waals surface area contributed by atoms with Gasteiger partial charge in [0, 0.05) is 17.5 Å². The molecule has 1 heterocycles. The van der Waals surface area contributed by atoms with E-state index in [1.54, 1.807) is 0 Å².